The normalized spacial score (nSPS) is 17.7. The quantitative estimate of drug-likeness (QED) is 0.392. The molecule has 0 radical (unpaired) electrons. The van der Waals surface area contributed by atoms with Crippen LogP contribution in [0.1, 0.15) is 50.1 Å². The summed E-state index contributed by atoms with van der Waals surface area (Å²) in [7, 11) is -3.15. The molecule has 1 aliphatic heterocycles. The van der Waals surface area contributed by atoms with E-state index in [1.54, 1.807) is 24.5 Å². The number of fused-ring (bicyclic) bond motifs is 1. The molecule has 3 heterocycles. The molecule has 180 valence electrons. The monoisotopic (exact) mass is 494 g/mol. The first kappa shape index (κ1) is 23.9. The van der Waals surface area contributed by atoms with Crippen LogP contribution in [0.25, 0.3) is 10.9 Å². The number of hydrogen-bond acceptors (Lipinski definition) is 6. The summed E-state index contributed by atoms with van der Waals surface area (Å²) >= 11 is 0. The molecule has 1 fully saturated rings. The zero-order valence-electron chi connectivity index (χ0n) is 18.3. The van der Waals surface area contributed by atoms with Crippen LogP contribution in [0.4, 0.5) is 13.2 Å². The molecule has 2 aromatic heterocycles. The Hall–Kier alpha value is -3.21. The van der Waals surface area contributed by atoms with E-state index in [9.17, 15) is 31.2 Å². The number of carbonyl (C=O) groups is 2. The Morgan fingerprint density at radius 1 is 1.18 bits per heavy atom. The van der Waals surface area contributed by atoms with Crippen LogP contribution in [0.5, 0.6) is 0 Å². The summed E-state index contributed by atoms with van der Waals surface area (Å²) in [6, 6.07) is 6.81. The van der Waals surface area contributed by atoms with Crippen LogP contribution < -0.4 is 0 Å². The van der Waals surface area contributed by atoms with Crippen molar-refractivity contribution in [2.24, 2.45) is 0 Å². The first-order valence-corrected chi connectivity index (χ1v) is 12.3. The maximum Gasteiger partial charge on any atom is 0.417 e. The third-order valence-corrected chi connectivity index (χ3v) is 7.72. The van der Waals surface area contributed by atoms with Gasteiger partial charge in [-0.15, -0.1) is 0 Å². The molecule has 7 nitrogen and oxygen atoms in total. The number of benzene rings is 1. The maximum absolute atomic E-state index is 13.8. The highest BCUT2D eigenvalue weighted by atomic mass is 32.2. The van der Waals surface area contributed by atoms with Gasteiger partial charge in [-0.2, -0.15) is 13.2 Å². The molecule has 3 aromatic rings. The molecule has 0 saturated carbocycles. The topological polar surface area (TPSA) is 95.3 Å². The molecule has 1 unspecified atom stereocenters. The van der Waals surface area contributed by atoms with E-state index in [-0.39, 0.29) is 34.0 Å². The number of ketones is 1. The minimum atomic E-state index is -4.84. The van der Waals surface area contributed by atoms with Crippen molar-refractivity contribution in [2.45, 2.75) is 32.5 Å². The minimum Gasteiger partial charge on any atom is -0.454 e. The van der Waals surface area contributed by atoms with Gasteiger partial charge in [-0.25, -0.2) is 13.2 Å². The van der Waals surface area contributed by atoms with Crippen LogP contribution in [0.15, 0.2) is 36.5 Å². The molecule has 34 heavy (non-hydrogen) atoms. The zero-order valence-corrected chi connectivity index (χ0v) is 19.2. The number of aryl methyl sites for hydroxylation is 1. The Morgan fingerprint density at radius 2 is 1.88 bits per heavy atom. The fraction of sp³-hybridized carbons (Fsp3) is 0.348. The number of pyridine rings is 1. The first-order valence-electron chi connectivity index (χ1n) is 10.4. The van der Waals surface area contributed by atoms with E-state index >= 15 is 0 Å². The number of Topliss-reactive ketones (excluding diaryl/α,β-unsaturated/α-hetero) is 1. The Bertz CT molecular complexity index is 1410. The van der Waals surface area contributed by atoms with Gasteiger partial charge in [0.1, 0.15) is 0 Å². The predicted molar refractivity (Wildman–Crippen MR) is 118 cm³/mol. The molecule has 1 atom stereocenters. The fourth-order valence-electron chi connectivity index (χ4n) is 4.49. The Kier molecular flexibility index (Phi) is 6.01. The van der Waals surface area contributed by atoms with E-state index in [1.807, 2.05) is 0 Å². The van der Waals surface area contributed by atoms with Gasteiger partial charge in [-0.1, -0.05) is 18.2 Å². The summed E-state index contributed by atoms with van der Waals surface area (Å²) in [5.41, 5.74) is -0.459. The number of halogens is 3. The van der Waals surface area contributed by atoms with E-state index in [1.165, 1.54) is 24.3 Å². The summed E-state index contributed by atoms with van der Waals surface area (Å²) in [6.45, 7) is 2.62. The number of sulfone groups is 1. The smallest absolute Gasteiger partial charge is 0.417 e. The number of esters is 1. The molecule has 0 aliphatic carbocycles. The summed E-state index contributed by atoms with van der Waals surface area (Å²) in [6.07, 6.45) is -3.62. The number of para-hydroxylation sites is 1. The van der Waals surface area contributed by atoms with Crippen LogP contribution in [-0.2, 0) is 20.8 Å². The molecule has 0 amide bonds. The fourth-order valence-corrected chi connectivity index (χ4v) is 6.19. The second-order valence-electron chi connectivity index (χ2n) is 8.27. The van der Waals surface area contributed by atoms with E-state index in [4.69, 9.17) is 4.74 Å². The molecule has 11 heteroatoms. The molecular weight excluding hydrogens is 473 g/mol. The number of carbonyl (C=O) groups excluding carboxylic acids is 2. The second kappa shape index (κ2) is 8.53. The lowest BCUT2D eigenvalue weighted by Crippen LogP contribution is -2.20. The Labute approximate surface area is 193 Å². The molecule has 0 spiro atoms. The highest BCUT2D eigenvalue weighted by Crippen LogP contribution is 2.37. The number of ether oxygens (including phenoxy) is 1. The van der Waals surface area contributed by atoms with Crippen molar-refractivity contribution in [3.05, 3.63) is 64.6 Å². The lowest BCUT2D eigenvalue weighted by atomic mass is 10.0. The average Bonchev–Trinajstić information content (AvgIpc) is 3.27. The van der Waals surface area contributed by atoms with Crippen LogP contribution in [-0.4, -0.2) is 47.8 Å². The third kappa shape index (κ3) is 4.44. The lowest BCUT2D eigenvalue weighted by Gasteiger charge is -2.16. The third-order valence-electron chi connectivity index (χ3n) is 5.97. The second-order valence-corrected chi connectivity index (χ2v) is 10.5. The number of rotatable bonds is 5. The van der Waals surface area contributed by atoms with Crippen LogP contribution in [0, 0.1) is 13.8 Å². The van der Waals surface area contributed by atoms with Gasteiger partial charge in [0.2, 0.25) is 5.78 Å². The van der Waals surface area contributed by atoms with Crippen LogP contribution in [0.2, 0.25) is 0 Å². The van der Waals surface area contributed by atoms with Gasteiger partial charge in [0.25, 0.3) is 0 Å². The van der Waals surface area contributed by atoms with Crippen molar-refractivity contribution in [1.29, 1.82) is 0 Å². The summed E-state index contributed by atoms with van der Waals surface area (Å²) in [5, 5.41) is -0.245. The molecule has 1 aliphatic rings. The molecule has 1 aromatic carbocycles. The van der Waals surface area contributed by atoms with Crippen molar-refractivity contribution < 1.29 is 35.9 Å². The highest BCUT2D eigenvalue weighted by Gasteiger charge is 2.38. The van der Waals surface area contributed by atoms with Gasteiger partial charge in [0, 0.05) is 34.6 Å². The van der Waals surface area contributed by atoms with Gasteiger partial charge in [-0.05, 0) is 32.4 Å². The van der Waals surface area contributed by atoms with Crippen molar-refractivity contribution in [3.8, 4) is 0 Å². The summed E-state index contributed by atoms with van der Waals surface area (Å²) in [5.74, 6) is -1.87. The SMILES string of the molecule is Cc1cc(C(=O)COC(=O)c2cnc3ccccc3c2C(F)(F)F)c(C)n1C1CCS(=O)(=O)C1. The van der Waals surface area contributed by atoms with Gasteiger partial charge in [-0.3, -0.25) is 9.78 Å². The van der Waals surface area contributed by atoms with Gasteiger partial charge >= 0.3 is 12.1 Å². The largest absolute Gasteiger partial charge is 0.454 e. The van der Waals surface area contributed by atoms with E-state index in [0.29, 0.717) is 17.8 Å². The molecular formula is C23H21F3N2O5S. The van der Waals surface area contributed by atoms with Gasteiger partial charge in [0.05, 0.1) is 28.1 Å². The average molecular weight is 494 g/mol. The van der Waals surface area contributed by atoms with Crippen molar-refractivity contribution in [1.82, 2.24) is 9.55 Å². The molecule has 1 saturated heterocycles. The van der Waals surface area contributed by atoms with Crippen molar-refractivity contribution in [2.75, 3.05) is 18.1 Å². The van der Waals surface area contributed by atoms with E-state index in [2.05, 4.69) is 4.98 Å². The predicted octanol–water partition coefficient (Wildman–Crippen LogP) is 4.07. The number of hydrogen-bond donors (Lipinski definition) is 0. The highest BCUT2D eigenvalue weighted by molar-refractivity contribution is 7.91. The standard InChI is InChI=1S/C23H21F3N2O5S/c1-13-9-17(14(2)28(13)15-7-8-34(31,32)12-15)20(29)11-33-22(30)18-10-27-19-6-4-3-5-16(19)21(18)23(24,25)26/h3-6,9-10,15H,7-8,11-12H2,1-2H3. The Balaban J connectivity index is 1.56. The van der Waals surface area contributed by atoms with E-state index in [0.717, 1.165) is 6.20 Å². The van der Waals surface area contributed by atoms with E-state index < -0.39 is 45.5 Å². The number of aromatic nitrogens is 2. The van der Waals surface area contributed by atoms with Gasteiger partial charge < -0.3 is 9.30 Å². The summed E-state index contributed by atoms with van der Waals surface area (Å²) in [4.78, 5) is 29.2. The zero-order chi connectivity index (χ0) is 24.8. The Morgan fingerprint density at radius 3 is 2.53 bits per heavy atom. The number of nitrogens with zero attached hydrogens (tertiary/aromatic N) is 2. The number of alkyl halides is 3. The summed E-state index contributed by atoms with van der Waals surface area (Å²) < 4.78 is 71.7. The van der Waals surface area contributed by atoms with Gasteiger partial charge in [0.15, 0.2) is 16.4 Å². The molecule has 4 rings (SSSR count). The first-order chi connectivity index (χ1) is 15.9. The molecule has 0 N–H and O–H groups in total. The van der Waals surface area contributed by atoms with Crippen molar-refractivity contribution >= 4 is 32.5 Å². The van der Waals surface area contributed by atoms with Crippen molar-refractivity contribution in [3.63, 3.8) is 0 Å². The molecule has 0 bridgehead atoms. The van der Waals surface area contributed by atoms with Crippen LogP contribution >= 0.6 is 0 Å². The minimum absolute atomic E-state index is 0.0266. The van der Waals surface area contributed by atoms with Crippen LogP contribution in [0.3, 0.4) is 0 Å². The maximum atomic E-state index is 13.8. The lowest BCUT2D eigenvalue weighted by molar-refractivity contribution is -0.136.